The minimum absolute atomic E-state index is 0.0153. The Bertz CT molecular complexity index is 2160. The third kappa shape index (κ3) is 6.32. The number of hydrogen-bond acceptors (Lipinski definition) is 8. The van der Waals surface area contributed by atoms with Gasteiger partial charge in [-0.1, -0.05) is 84.1 Å². The predicted molar refractivity (Wildman–Crippen MR) is 178 cm³/mol. The van der Waals surface area contributed by atoms with E-state index in [1.807, 2.05) is 48.5 Å². The molecule has 0 radical (unpaired) electrons. The number of rotatable bonds is 10. The number of thiazole rings is 1. The molecular weight excluding hydrogens is 619 g/mol. The van der Waals surface area contributed by atoms with Crippen LogP contribution in [0.4, 0.5) is 4.39 Å². The van der Waals surface area contributed by atoms with Crippen molar-refractivity contribution in [2.45, 2.75) is 19.6 Å². The minimum atomic E-state index is -0.894. The number of aromatic nitrogens is 1. The summed E-state index contributed by atoms with van der Waals surface area (Å²) < 4.78 is 38.8. The summed E-state index contributed by atoms with van der Waals surface area (Å²) >= 11 is 1.19. The Hall–Kier alpha value is -5.48. The van der Waals surface area contributed by atoms with Gasteiger partial charge >= 0.3 is 5.97 Å². The van der Waals surface area contributed by atoms with Gasteiger partial charge in [-0.05, 0) is 42.8 Å². The van der Waals surface area contributed by atoms with Crippen LogP contribution in [0.1, 0.15) is 35.2 Å². The van der Waals surface area contributed by atoms with Crippen LogP contribution in [0.25, 0.3) is 11.8 Å². The standard InChI is InChI=1S/C37H31FN2O6S/c1-4-45-36(42)32-33(23-12-6-5-7-13-23)39-37-40(34(32)25-18-19-29(43-2)30(20-25)44-3)35(41)31(47-37)21-24-14-9-11-17-28(24)46-22-26-15-8-10-16-27(26)38/h5-21,34H,4,22H2,1-3H3/b31-21-/t34-/m0/s1. The Morgan fingerprint density at radius 2 is 1.64 bits per heavy atom. The second-order valence-corrected chi connectivity index (χ2v) is 11.5. The Labute approximate surface area is 274 Å². The summed E-state index contributed by atoms with van der Waals surface area (Å²) in [6.45, 7) is 1.88. The van der Waals surface area contributed by atoms with Crippen molar-refractivity contribution in [1.82, 2.24) is 4.57 Å². The molecule has 0 amide bonds. The second kappa shape index (κ2) is 13.9. The van der Waals surface area contributed by atoms with E-state index in [-0.39, 0.29) is 30.2 Å². The lowest BCUT2D eigenvalue weighted by Gasteiger charge is -2.26. The number of carbonyl (C=O) groups excluding carboxylic acids is 1. The molecule has 2 heterocycles. The van der Waals surface area contributed by atoms with Crippen molar-refractivity contribution < 1.29 is 28.1 Å². The first-order valence-electron chi connectivity index (χ1n) is 14.9. The van der Waals surface area contributed by atoms with Crippen LogP contribution in [0.5, 0.6) is 17.2 Å². The van der Waals surface area contributed by atoms with Gasteiger partial charge in [0, 0.05) is 16.7 Å². The molecule has 1 atom stereocenters. The molecule has 0 spiro atoms. The number of fused-ring (bicyclic) bond motifs is 1. The first-order chi connectivity index (χ1) is 22.9. The molecule has 1 aliphatic rings. The average molecular weight is 651 g/mol. The molecule has 0 N–H and O–H groups in total. The highest BCUT2D eigenvalue weighted by Crippen LogP contribution is 2.38. The zero-order valence-corrected chi connectivity index (χ0v) is 26.8. The molecule has 0 saturated heterocycles. The number of ether oxygens (including phenoxy) is 4. The van der Waals surface area contributed by atoms with Crippen molar-refractivity contribution in [3.05, 3.63) is 150 Å². The van der Waals surface area contributed by atoms with Gasteiger partial charge in [0.2, 0.25) is 0 Å². The van der Waals surface area contributed by atoms with Crippen molar-refractivity contribution in [2.75, 3.05) is 20.8 Å². The van der Waals surface area contributed by atoms with E-state index in [2.05, 4.69) is 0 Å². The summed E-state index contributed by atoms with van der Waals surface area (Å²) in [5, 5.41) is 0. The zero-order valence-electron chi connectivity index (χ0n) is 25.9. The molecule has 1 aliphatic heterocycles. The summed E-state index contributed by atoms with van der Waals surface area (Å²) in [7, 11) is 3.06. The number of para-hydroxylation sites is 1. The number of methoxy groups -OCH3 is 2. The molecule has 10 heteroatoms. The van der Waals surface area contributed by atoms with Crippen LogP contribution in [-0.2, 0) is 16.1 Å². The molecule has 8 nitrogen and oxygen atoms in total. The molecular formula is C37H31FN2O6S. The summed E-state index contributed by atoms with van der Waals surface area (Å²) in [5.41, 5.74) is 2.62. The summed E-state index contributed by atoms with van der Waals surface area (Å²) in [4.78, 5) is 33.4. The molecule has 4 aromatic carbocycles. The molecule has 6 rings (SSSR count). The first kappa shape index (κ1) is 31.5. The Morgan fingerprint density at radius 1 is 0.915 bits per heavy atom. The number of benzene rings is 4. The number of hydrogen-bond donors (Lipinski definition) is 0. The molecule has 47 heavy (non-hydrogen) atoms. The van der Waals surface area contributed by atoms with Crippen molar-refractivity contribution in [3.63, 3.8) is 0 Å². The van der Waals surface area contributed by atoms with Gasteiger partial charge in [0.05, 0.1) is 42.7 Å². The SMILES string of the molecule is CCOC(=O)C1=C(c2ccccc2)N=c2s/c(=C\c3ccccc3OCc3ccccc3F)c(=O)n2[C@H]1c1ccc(OC)c(OC)c1. The maximum Gasteiger partial charge on any atom is 0.338 e. The molecule has 1 aromatic heterocycles. The molecule has 0 saturated carbocycles. The largest absolute Gasteiger partial charge is 0.493 e. The van der Waals surface area contributed by atoms with Gasteiger partial charge in [0.25, 0.3) is 5.56 Å². The topological polar surface area (TPSA) is 88.4 Å². The van der Waals surface area contributed by atoms with Crippen molar-refractivity contribution in [3.8, 4) is 17.2 Å². The Morgan fingerprint density at radius 3 is 2.38 bits per heavy atom. The average Bonchev–Trinajstić information content (AvgIpc) is 3.41. The molecule has 238 valence electrons. The fourth-order valence-electron chi connectivity index (χ4n) is 5.42. The number of esters is 1. The maximum atomic E-state index is 14.3. The number of carbonyl (C=O) groups is 1. The van der Waals surface area contributed by atoms with E-state index in [0.717, 1.165) is 0 Å². The monoisotopic (exact) mass is 650 g/mol. The summed E-state index contributed by atoms with van der Waals surface area (Å²) in [6.07, 6.45) is 1.72. The second-order valence-electron chi connectivity index (χ2n) is 10.5. The van der Waals surface area contributed by atoms with Gasteiger partial charge in [0.15, 0.2) is 16.3 Å². The van der Waals surface area contributed by atoms with Crippen LogP contribution >= 0.6 is 11.3 Å². The predicted octanol–water partition coefficient (Wildman–Crippen LogP) is 5.67. The lowest BCUT2D eigenvalue weighted by Crippen LogP contribution is -2.40. The van der Waals surface area contributed by atoms with Crippen LogP contribution < -0.4 is 29.1 Å². The van der Waals surface area contributed by atoms with E-state index in [1.165, 1.54) is 36.2 Å². The van der Waals surface area contributed by atoms with Gasteiger partial charge in [-0.15, -0.1) is 0 Å². The van der Waals surface area contributed by atoms with E-state index in [4.69, 9.17) is 23.9 Å². The van der Waals surface area contributed by atoms with Crippen LogP contribution in [0.3, 0.4) is 0 Å². The van der Waals surface area contributed by atoms with E-state index in [9.17, 15) is 14.0 Å². The highest BCUT2D eigenvalue weighted by molar-refractivity contribution is 7.07. The van der Waals surface area contributed by atoms with Crippen LogP contribution in [0.2, 0.25) is 0 Å². The smallest absolute Gasteiger partial charge is 0.338 e. The van der Waals surface area contributed by atoms with Crippen LogP contribution in [0.15, 0.2) is 112 Å². The summed E-state index contributed by atoms with van der Waals surface area (Å²) in [5.74, 6) is 0.474. The molecule has 0 bridgehead atoms. The minimum Gasteiger partial charge on any atom is -0.493 e. The Balaban J connectivity index is 1.55. The third-order valence-electron chi connectivity index (χ3n) is 7.64. The molecule has 5 aromatic rings. The first-order valence-corrected chi connectivity index (χ1v) is 15.7. The highest BCUT2D eigenvalue weighted by atomic mass is 32.1. The van der Waals surface area contributed by atoms with Crippen molar-refractivity contribution >= 4 is 29.1 Å². The van der Waals surface area contributed by atoms with Crippen molar-refractivity contribution in [2.24, 2.45) is 4.99 Å². The zero-order chi connectivity index (χ0) is 32.9. The van der Waals surface area contributed by atoms with E-state index in [1.54, 1.807) is 55.5 Å². The van der Waals surface area contributed by atoms with E-state index >= 15 is 0 Å². The molecule has 0 aliphatic carbocycles. The van der Waals surface area contributed by atoms with Gasteiger partial charge in [-0.2, -0.15) is 0 Å². The summed E-state index contributed by atoms with van der Waals surface area (Å²) in [6, 6.07) is 27.4. The van der Waals surface area contributed by atoms with Gasteiger partial charge in [-0.25, -0.2) is 14.2 Å². The van der Waals surface area contributed by atoms with Crippen molar-refractivity contribution in [1.29, 1.82) is 0 Å². The van der Waals surface area contributed by atoms with Gasteiger partial charge in [0.1, 0.15) is 18.2 Å². The normalized spacial score (nSPS) is 14.3. The fraction of sp³-hybridized carbons (Fsp3) is 0.162. The Kier molecular flexibility index (Phi) is 9.30. The number of halogens is 1. The lowest BCUT2D eigenvalue weighted by molar-refractivity contribution is -0.138. The number of nitrogens with zero attached hydrogens (tertiary/aromatic N) is 2. The lowest BCUT2D eigenvalue weighted by atomic mass is 9.93. The fourth-order valence-corrected chi connectivity index (χ4v) is 6.41. The quantitative estimate of drug-likeness (QED) is 0.181. The molecule has 0 unspecified atom stereocenters. The van der Waals surface area contributed by atoms with Gasteiger partial charge in [-0.3, -0.25) is 9.36 Å². The van der Waals surface area contributed by atoms with Gasteiger partial charge < -0.3 is 18.9 Å². The van der Waals surface area contributed by atoms with Crippen LogP contribution in [-0.4, -0.2) is 31.4 Å². The highest BCUT2D eigenvalue weighted by Gasteiger charge is 2.35. The molecule has 0 fully saturated rings. The van der Waals surface area contributed by atoms with Crippen LogP contribution in [0, 0.1) is 5.82 Å². The third-order valence-corrected chi connectivity index (χ3v) is 8.63. The maximum absolute atomic E-state index is 14.3. The van der Waals surface area contributed by atoms with E-state index < -0.39 is 12.0 Å². The van der Waals surface area contributed by atoms with E-state index in [0.29, 0.717) is 54.5 Å².